The molecule has 3 rings (SSSR count). The first-order chi connectivity index (χ1) is 11.1. The van der Waals surface area contributed by atoms with Crippen molar-refractivity contribution in [1.29, 1.82) is 0 Å². The molecule has 0 atom stereocenters. The number of nitrogens with zero attached hydrogens (tertiary/aromatic N) is 4. The van der Waals surface area contributed by atoms with Crippen LogP contribution in [0.1, 0.15) is 30.7 Å². The molecule has 1 aliphatic rings. The first-order valence-corrected chi connectivity index (χ1v) is 7.24. The molecule has 0 aromatic carbocycles. The number of allylic oxidation sites excluding steroid dienone is 2. The predicted octanol–water partition coefficient (Wildman–Crippen LogP) is 1.65. The van der Waals surface area contributed by atoms with E-state index in [1.807, 2.05) is 0 Å². The summed E-state index contributed by atoms with van der Waals surface area (Å²) in [6.07, 6.45) is 11.8. The quantitative estimate of drug-likeness (QED) is 0.809. The third-order valence-electron chi connectivity index (χ3n) is 3.61. The first kappa shape index (κ1) is 14.8. The van der Waals surface area contributed by atoms with Crippen molar-refractivity contribution < 1.29 is 4.79 Å². The van der Waals surface area contributed by atoms with Crippen molar-refractivity contribution in [3.05, 3.63) is 47.3 Å². The number of ketones is 1. The number of hydrogen-bond donors (Lipinski definition) is 2. The van der Waals surface area contributed by atoms with Crippen molar-refractivity contribution in [1.82, 2.24) is 19.9 Å². The molecule has 7 nitrogen and oxygen atoms in total. The zero-order valence-electron chi connectivity index (χ0n) is 12.4. The van der Waals surface area contributed by atoms with Crippen molar-refractivity contribution in [3.8, 4) is 0 Å². The number of nitrogen functional groups attached to an aromatic ring is 2. The first-order valence-electron chi connectivity index (χ1n) is 7.24. The smallest absolute Gasteiger partial charge is 0.185 e. The van der Waals surface area contributed by atoms with E-state index in [0.717, 1.165) is 6.42 Å². The van der Waals surface area contributed by atoms with Gasteiger partial charge in [0, 0.05) is 35.9 Å². The van der Waals surface area contributed by atoms with Crippen molar-refractivity contribution in [3.63, 3.8) is 0 Å². The van der Waals surface area contributed by atoms with Gasteiger partial charge in [-0.05, 0) is 31.4 Å². The van der Waals surface area contributed by atoms with Crippen molar-refractivity contribution >= 4 is 29.6 Å². The molecule has 1 saturated carbocycles. The average molecular weight is 308 g/mol. The Balaban J connectivity index is 1.93. The molecular weight excluding hydrogens is 292 g/mol. The summed E-state index contributed by atoms with van der Waals surface area (Å²) >= 11 is 0. The van der Waals surface area contributed by atoms with Gasteiger partial charge >= 0.3 is 0 Å². The van der Waals surface area contributed by atoms with Crippen LogP contribution in [0.3, 0.4) is 0 Å². The minimum Gasteiger partial charge on any atom is -0.382 e. The van der Waals surface area contributed by atoms with Crippen molar-refractivity contribution in [2.75, 3.05) is 11.5 Å². The van der Waals surface area contributed by atoms with E-state index in [0.29, 0.717) is 47.0 Å². The molecule has 0 bridgehead atoms. The van der Waals surface area contributed by atoms with Crippen LogP contribution in [-0.2, 0) is 4.79 Å². The van der Waals surface area contributed by atoms with Crippen LogP contribution >= 0.6 is 0 Å². The lowest BCUT2D eigenvalue weighted by Crippen LogP contribution is -2.13. The van der Waals surface area contributed by atoms with Gasteiger partial charge < -0.3 is 11.5 Å². The molecule has 116 valence electrons. The van der Waals surface area contributed by atoms with Crippen LogP contribution in [0, 0.1) is 0 Å². The second-order valence-electron chi connectivity index (χ2n) is 5.18. The second-order valence-corrected chi connectivity index (χ2v) is 5.18. The van der Waals surface area contributed by atoms with Crippen LogP contribution in [-0.4, -0.2) is 25.7 Å². The largest absolute Gasteiger partial charge is 0.382 e. The summed E-state index contributed by atoms with van der Waals surface area (Å²) < 4.78 is 0. The number of anilines is 2. The van der Waals surface area contributed by atoms with Gasteiger partial charge in [-0.3, -0.25) is 14.8 Å². The molecule has 1 fully saturated rings. The molecule has 0 spiro atoms. The molecule has 2 aromatic heterocycles. The number of aromatic nitrogens is 4. The summed E-state index contributed by atoms with van der Waals surface area (Å²) in [6, 6.07) is 0. The fraction of sp³-hybridized carbons (Fsp3) is 0.188. The number of nitrogens with two attached hydrogens (primary N) is 2. The molecule has 0 aliphatic heterocycles. The second kappa shape index (κ2) is 6.35. The van der Waals surface area contributed by atoms with Crippen LogP contribution in [0.2, 0.25) is 0 Å². The van der Waals surface area contributed by atoms with Gasteiger partial charge in [-0.15, -0.1) is 0 Å². The molecule has 0 radical (unpaired) electrons. The Morgan fingerprint density at radius 1 is 0.783 bits per heavy atom. The maximum absolute atomic E-state index is 12.6. The Kier molecular flexibility index (Phi) is 4.09. The monoisotopic (exact) mass is 308 g/mol. The van der Waals surface area contributed by atoms with Crippen LogP contribution in [0.4, 0.5) is 11.6 Å². The van der Waals surface area contributed by atoms with E-state index in [4.69, 9.17) is 11.5 Å². The maximum atomic E-state index is 12.6. The van der Waals surface area contributed by atoms with E-state index in [-0.39, 0.29) is 5.78 Å². The van der Waals surface area contributed by atoms with Gasteiger partial charge in [0.2, 0.25) is 0 Å². The molecule has 0 amide bonds. The topological polar surface area (TPSA) is 121 Å². The summed E-state index contributed by atoms with van der Waals surface area (Å²) in [5, 5.41) is 0. The Hall–Kier alpha value is -3.09. The van der Waals surface area contributed by atoms with Gasteiger partial charge in [0.1, 0.15) is 23.0 Å². The fourth-order valence-electron chi connectivity index (χ4n) is 2.45. The van der Waals surface area contributed by atoms with Gasteiger partial charge in [-0.25, -0.2) is 9.97 Å². The normalized spacial score (nSPS) is 18.5. The lowest BCUT2D eigenvalue weighted by atomic mass is 9.87. The molecule has 2 aromatic rings. The van der Waals surface area contributed by atoms with E-state index < -0.39 is 0 Å². The lowest BCUT2D eigenvalue weighted by molar-refractivity contribution is -0.112. The van der Waals surface area contributed by atoms with E-state index in [1.165, 1.54) is 12.4 Å². The molecule has 0 unspecified atom stereocenters. The number of carbonyl (C=O) groups is 1. The van der Waals surface area contributed by atoms with E-state index >= 15 is 0 Å². The van der Waals surface area contributed by atoms with E-state index in [1.54, 1.807) is 24.5 Å². The Morgan fingerprint density at radius 2 is 1.22 bits per heavy atom. The number of rotatable bonds is 2. The molecule has 4 N–H and O–H groups in total. The molecule has 23 heavy (non-hydrogen) atoms. The Bertz CT molecular complexity index is 746. The molecular formula is C16H16N6O. The minimum atomic E-state index is -0.0358. The number of hydrogen-bond acceptors (Lipinski definition) is 7. The highest BCUT2D eigenvalue weighted by molar-refractivity contribution is 6.14. The summed E-state index contributed by atoms with van der Waals surface area (Å²) in [7, 11) is 0. The minimum absolute atomic E-state index is 0.0358. The average Bonchev–Trinajstić information content (AvgIpc) is 2.55. The zero-order valence-corrected chi connectivity index (χ0v) is 12.4. The van der Waals surface area contributed by atoms with E-state index in [2.05, 4.69) is 19.9 Å². The van der Waals surface area contributed by atoms with Crippen molar-refractivity contribution in [2.45, 2.75) is 19.3 Å². The predicted molar refractivity (Wildman–Crippen MR) is 87.7 cm³/mol. The van der Waals surface area contributed by atoms with Gasteiger partial charge in [0.25, 0.3) is 0 Å². The van der Waals surface area contributed by atoms with Crippen LogP contribution in [0.5, 0.6) is 0 Å². The number of Topliss-reactive ketones (excluding diaryl/α,β-unsaturated/α-hetero) is 1. The van der Waals surface area contributed by atoms with Gasteiger partial charge in [0.15, 0.2) is 5.78 Å². The Morgan fingerprint density at radius 3 is 1.65 bits per heavy atom. The standard InChI is InChI=1S/C16H16N6O/c17-15-12(19-4-6-21-15)8-10-2-1-3-11(14(10)23)9-13-16(18)22-7-5-20-13/h4-9H,1-3H2,(H2,17,21)(H2,18,22). The summed E-state index contributed by atoms with van der Waals surface area (Å²) in [4.78, 5) is 28.9. The highest BCUT2D eigenvalue weighted by atomic mass is 16.1. The summed E-state index contributed by atoms with van der Waals surface area (Å²) in [6.45, 7) is 0. The molecule has 0 saturated heterocycles. The summed E-state index contributed by atoms with van der Waals surface area (Å²) in [5.41, 5.74) is 13.9. The molecule has 7 heteroatoms. The molecule has 1 aliphatic carbocycles. The third-order valence-corrected chi connectivity index (χ3v) is 3.61. The van der Waals surface area contributed by atoms with Gasteiger partial charge in [-0.1, -0.05) is 0 Å². The highest BCUT2D eigenvalue weighted by Gasteiger charge is 2.21. The van der Waals surface area contributed by atoms with E-state index in [9.17, 15) is 4.79 Å². The SMILES string of the molecule is Nc1nccnc1C=C1CCCC(=Cc2nccnc2N)C1=O. The maximum Gasteiger partial charge on any atom is 0.185 e. The van der Waals surface area contributed by atoms with Crippen molar-refractivity contribution in [2.24, 2.45) is 0 Å². The molecule has 2 heterocycles. The van der Waals surface area contributed by atoms with Gasteiger partial charge in [-0.2, -0.15) is 0 Å². The van der Waals surface area contributed by atoms with Crippen LogP contribution < -0.4 is 11.5 Å². The highest BCUT2D eigenvalue weighted by Crippen LogP contribution is 2.28. The Labute approximate surface area is 133 Å². The zero-order chi connectivity index (χ0) is 16.2. The fourth-order valence-corrected chi connectivity index (χ4v) is 2.45. The number of carbonyl (C=O) groups excluding carboxylic acids is 1. The van der Waals surface area contributed by atoms with Crippen LogP contribution in [0.15, 0.2) is 35.9 Å². The third kappa shape index (κ3) is 3.23. The van der Waals surface area contributed by atoms with Gasteiger partial charge in [0.05, 0.1) is 0 Å². The lowest BCUT2D eigenvalue weighted by Gasteiger charge is -2.16. The summed E-state index contributed by atoms with van der Waals surface area (Å²) in [5.74, 6) is 0.579. The van der Waals surface area contributed by atoms with Crippen LogP contribution in [0.25, 0.3) is 12.2 Å².